The largest absolute Gasteiger partial charge is 0.330 e. The lowest BCUT2D eigenvalue weighted by Gasteiger charge is -1.98. The first-order valence-corrected chi connectivity index (χ1v) is 5.57. The Labute approximate surface area is 83.2 Å². The summed E-state index contributed by atoms with van der Waals surface area (Å²) in [5, 5.41) is 3.34. The van der Waals surface area contributed by atoms with Crippen molar-refractivity contribution in [1.82, 2.24) is 4.98 Å². The van der Waals surface area contributed by atoms with Crippen molar-refractivity contribution in [2.24, 2.45) is 17.1 Å². The molecule has 72 valence electrons. The van der Waals surface area contributed by atoms with Gasteiger partial charge in [-0.1, -0.05) is 13.8 Å². The molecule has 13 heavy (non-hydrogen) atoms. The molecule has 0 spiro atoms. The molecular weight excluding hydrogens is 180 g/mol. The summed E-state index contributed by atoms with van der Waals surface area (Å²) in [5.74, 6) is 1.23. The van der Waals surface area contributed by atoms with Crippen LogP contribution in [0.15, 0.2) is 5.38 Å². The summed E-state index contributed by atoms with van der Waals surface area (Å²) in [6.45, 7) is 7.41. The summed E-state index contributed by atoms with van der Waals surface area (Å²) >= 11 is 1.73. The number of hydrogen-bond donors (Lipinski definition) is 1. The highest BCUT2D eigenvalue weighted by Gasteiger charge is 2.58. The summed E-state index contributed by atoms with van der Waals surface area (Å²) in [7, 11) is 0. The summed E-state index contributed by atoms with van der Waals surface area (Å²) < 4.78 is 0. The average molecular weight is 196 g/mol. The number of aryl methyl sites for hydroxylation is 1. The van der Waals surface area contributed by atoms with Gasteiger partial charge in [-0.05, 0) is 24.8 Å². The Hall–Kier alpha value is -0.410. The third kappa shape index (κ3) is 1.30. The normalized spacial score (nSPS) is 30.5. The van der Waals surface area contributed by atoms with E-state index in [0.717, 1.165) is 11.6 Å². The van der Waals surface area contributed by atoms with Gasteiger partial charge < -0.3 is 5.73 Å². The van der Waals surface area contributed by atoms with Gasteiger partial charge in [0.05, 0.1) is 10.7 Å². The smallest absolute Gasteiger partial charge is 0.0897 e. The van der Waals surface area contributed by atoms with Crippen molar-refractivity contribution in [2.75, 3.05) is 6.54 Å². The van der Waals surface area contributed by atoms with Crippen molar-refractivity contribution in [2.45, 2.75) is 26.7 Å². The molecule has 0 aliphatic heterocycles. The monoisotopic (exact) mass is 196 g/mol. The van der Waals surface area contributed by atoms with E-state index >= 15 is 0 Å². The van der Waals surface area contributed by atoms with Crippen LogP contribution < -0.4 is 5.73 Å². The quantitative estimate of drug-likeness (QED) is 0.787. The molecule has 3 heteroatoms. The highest BCUT2D eigenvalue weighted by Crippen LogP contribution is 2.63. The van der Waals surface area contributed by atoms with Crippen molar-refractivity contribution in [3.63, 3.8) is 0 Å². The van der Waals surface area contributed by atoms with Gasteiger partial charge in [0.2, 0.25) is 0 Å². The zero-order valence-electron chi connectivity index (χ0n) is 8.37. The predicted octanol–water partition coefficient (Wildman–Crippen LogP) is 2.15. The van der Waals surface area contributed by atoms with Crippen LogP contribution in [0, 0.1) is 18.3 Å². The fourth-order valence-electron chi connectivity index (χ4n) is 2.29. The molecule has 0 amide bonds. The summed E-state index contributed by atoms with van der Waals surface area (Å²) in [6.07, 6.45) is 0. The Morgan fingerprint density at radius 3 is 2.69 bits per heavy atom. The third-order valence-electron chi connectivity index (χ3n) is 3.26. The van der Waals surface area contributed by atoms with Crippen LogP contribution in [0.2, 0.25) is 0 Å². The van der Waals surface area contributed by atoms with Crippen molar-refractivity contribution >= 4 is 11.3 Å². The molecule has 1 fully saturated rings. The second kappa shape index (κ2) is 2.79. The molecule has 2 N–H and O–H groups in total. The zero-order chi connectivity index (χ0) is 9.64. The van der Waals surface area contributed by atoms with Crippen LogP contribution in [0.1, 0.15) is 30.5 Å². The molecule has 0 aromatic carbocycles. The molecule has 0 radical (unpaired) electrons. The van der Waals surface area contributed by atoms with E-state index in [0.29, 0.717) is 17.3 Å². The maximum Gasteiger partial charge on any atom is 0.0897 e. The van der Waals surface area contributed by atoms with E-state index < -0.39 is 0 Å². The topological polar surface area (TPSA) is 38.9 Å². The number of hydrogen-bond acceptors (Lipinski definition) is 3. The molecule has 1 aliphatic carbocycles. The minimum atomic E-state index is 0.370. The van der Waals surface area contributed by atoms with Crippen LogP contribution in [0.3, 0.4) is 0 Å². The van der Waals surface area contributed by atoms with Gasteiger partial charge in [0.15, 0.2) is 0 Å². The number of thiazole rings is 1. The molecule has 0 saturated heterocycles. The molecule has 2 rings (SSSR count). The minimum absolute atomic E-state index is 0.370. The maximum absolute atomic E-state index is 5.72. The number of rotatable bonds is 2. The Kier molecular flexibility index (Phi) is 1.96. The predicted molar refractivity (Wildman–Crippen MR) is 55.9 cm³/mol. The lowest BCUT2D eigenvalue weighted by molar-refractivity contribution is 0.557. The molecular formula is C10H16N2S. The van der Waals surface area contributed by atoms with E-state index in [1.165, 1.54) is 5.69 Å². The summed E-state index contributed by atoms with van der Waals surface area (Å²) in [5.41, 5.74) is 7.34. The van der Waals surface area contributed by atoms with Gasteiger partial charge in [0, 0.05) is 11.3 Å². The van der Waals surface area contributed by atoms with Crippen molar-refractivity contribution in [1.29, 1.82) is 0 Å². The number of nitrogens with two attached hydrogens (primary N) is 1. The van der Waals surface area contributed by atoms with Crippen LogP contribution >= 0.6 is 11.3 Å². The first-order chi connectivity index (χ1) is 6.07. The van der Waals surface area contributed by atoms with E-state index in [1.807, 2.05) is 0 Å². The highest BCUT2D eigenvalue weighted by atomic mass is 32.1. The Morgan fingerprint density at radius 2 is 2.31 bits per heavy atom. The summed E-state index contributed by atoms with van der Waals surface area (Å²) in [4.78, 5) is 4.53. The van der Waals surface area contributed by atoms with E-state index in [2.05, 4.69) is 31.1 Å². The van der Waals surface area contributed by atoms with Gasteiger partial charge >= 0.3 is 0 Å². The van der Waals surface area contributed by atoms with Gasteiger partial charge in [-0.25, -0.2) is 4.98 Å². The molecule has 1 aromatic heterocycles. The standard InChI is InChI=1S/C10H16N2S/c1-6-12-8(5-13-6)9-7(4-11)10(9,2)3/h5,7,9H,4,11H2,1-3H3/t7-,9+/m1/s1. The molecule has 0 unspecified atom stereocenters. The van der Waals surface area contributed by atoms with E-state index in [4.69, 9.17) is 5.73 Å². The second-order valence-corrected chi connectivity index (χ2v) is 5.49. The molecule has 2 atom stereocenters. The molecule has 1 aliphatic rings. The number of nitrogens with zero attached hydrogens (tertiary/aromatic N) is 1. The third-order valence-corrected chi connectivity index (χ3v) is 4.05. The van der Waals surface area contributed by atoms with Gasteiger partial charge in [-0.3, -0.25) is 0 Å². The van der Waals surface area contributed by atoms with Crippen molar-refractivity contribution < 1.29 is 0 Å². The lowest BCUT2D eigenvalue weighted by atomic mass is 10.1. The van der Waals surface area contributed by atoms with Crippen LogP contribution in [-0.2, 0) is 0 Å². The van der Waals surface area contributed by atoms with Gasteiger partial charge in [-0.2, -0.15) is 0 Å². The van der Waals surface area contributed by atoms with Gasteiger partial charge in [0.1, 0.15) is 0 Å². The summed E-state index contributed by atoms with van der Waals surface area (Å²) in [6, 6.07) is 0. The maximum atomic E-state index is 5.72. The first kappa shape index (κ1) is 9.16. The van der Waals surface area contributed by atoms with Crippen LogP contribution in [0.25, 0.3) is 0 Å². The fourth-order valence-corrected chi connectivity index (χ4v) is 2.94. The Bertz CT molecular complexity index is 316. The lowest BCUT2D eigenvalue weighted by Crippen LogP contribution is -2.05. The zero-order valence-corrected chi connectivity index (χ0v) is 9.19. The van der Waals surface area contributed by atoms with Crippen molar-refractivity contribution in [3.05, 3.63) is 16.1 Å². The molecule has 1 saturated carbocycles. The second-order valence-electron chi connectivity index (χ2n) is 4.43. The first-order valence-electron chi connectivity index (χ1n) is 4.69. The minimum Gasteiger partial charge on any atom is -0.330 e. The van der Waals surface area contributed by atoms with Crippen molar-refractivity contribution in [3.8, 4) is 0 Å². The fraction of sp³-hybridized carbons (Fsp3) is 0.700. The van der Waals surface area contributed by atoms with Crippen LogP contribution in [-0.4, -0.2) is 11.5 Å². The Morgan fingerprint density at radius 1 is 1.62 bits per heavy atom. The highest BCUT2D eigenvalue weighted by molar-refractivity contribution is 7.09. The van der Waals surface area contributed by atoms with E-state index in [1.54, 1.807) is 11.3 Å². The molecule has 2 nitrogen and oxygen atoms in total. The SMILES string of the molecule is Cc1nc([C@@H]2[C@@H](CN)C2(C)C)cs1. The molecule has 0 bridgehead atoms. The molecule has 1 heterocycles. The Balaban J connectivity index is 2.21. The van der Waals surface area contributed by atoms with Crippen LogP contribution in [0.5, 0.6) is 0 Å². The van der Waals surface area contributed by atoms with E-state index in [9.17, 15) is 0 Å². The van der Waals surface area contributed by atoms with Crippen LogP contribution in [0.4, 0.5) is 0 Å². The van der Waals surface area contributed by atoms with E-state index in [-0.39, 0.29) is 0 Å². The average Bonchev–Trinajstić information content (AvgIpc) is 2.41. The van der Waals surface area contributed by atoms with Gasteiger partial charge in [-0.15, -0.1) is 11.3 Å². The number of aromatic nitrogens is 1. The van der Waals surface area contributed by atoms with Gasteiger partial charge in [0.25, 0.3) is 0 Å². The molecule has 1 aromatic rings.